The van der Waals surface area contributed by atoms with E-state index in [4.69, 9.17) is 5.26 Å². The summed E-state index contributed by atoms with van der Waals surface area (Å²) in [5.74, 6) is 0.990. The molecule has 0 radical (unpaired) electrons. The highest BCUT2D eigenvalue weighted by Crippen LogP contribution is 2.36. The number of carbonyl (C=O) groups excluding carboxylic acids is 1. The third kappa shape index (κ3) is 3.16. The third-order valence-electron chi connectivity index (χ3n) is 4.24. The molecule has 1 aromatic carbocycles. The molecule has 5 nitrogen and oxygen atoms in total. The quantitative estimate of drug-likeness (QED) is 0.942. The lowest BCUT2D eigenvalue weighted by atomic mass is 9.93. The topological polar surface area (TPSA) is 69.0 Å². The fourth-order valence-corrected chi connectivity index (χ4v) is 3.11. The van der Waals surface area contributed by atoms with E-state index in [1.165, 1.54) is 0 Å². The standard InChI is InChI=1S/C18H18N4O/c1-22-17(23)10-14(18(22)13-6-3-2-4-7-13)12-20-16-9-5-8-15(11-19)21-16/h2-9,14,18H,10,12H2,1H3,(H,20,21)/t14-,18-/m0/s1. The van der Waals surface area contributed by atoms with Crippen LogP contribution in [0.2, 0.25) is 0 Å². The van der Waals surface area contributed by atoms with Crippen molar-refractivity contribution in [2.24, 2.45) is 5.92 Å². The summed E-state index contributed by atoms with van der Waals surface area (Å²) in [6.07, 6.45) is 0.515. The average Bonchev–Trinajstić information content (AvgIpc) is 2.88. The van der Waals surface area contributed by atoms with E-state index in [1.54, 1.807) is 12.1 Å². The maximum atomic E-state index is 12.1. The Kier molecular flexibility index (Phi) is 4.24. The van der Waals surface area contributed by atoms with E-state index in [2.05, 4.69) is 22.4 Å². The summed E-state index contributed by atoms with van der Waals surface area (Å²) in [5, 5.41) is 12.2. The molecule has 0 unspecified atom stereocenters. The number of carbonyl (C=O) groups is 1. The maximum Gasteiger partial charge on any atom is 0.223 e. The Hall–Kier alpha value is -2.87. The Labute approximate surface area is 135 Å². The fraction of sp³-hybridized carbons (Fsp3) is 0.278. The van der Waals surface area contributed by atoms with Gasteiger partial charge in [0.1, 0.15) is 17.6 Å². The molecule has 1 amide bonds. The molecule has 5 heteroatoms. The molecule has 1 fully saturated rings. The first-order valence-corrected chi connectivity index (χ1v) is 7.60. The van der Waals surface area contributed by atoms with Gasteiger partial charge < -0.3 is 10.2 Å². The summed E-state index contributed by atoms with van der Waals surface area (Å²) in [7, 11) is 1.86. The Morgan fingerprint density at radius 3 is 2.78 bits per heavy atom. The van der Waals surface area contributed by atoms with E-state index in [9.17, 15) is 4.79 Å². The number of hydrogen-bond donors (Lipinski definition) is 1. The third-order valence-corrected chi connectivity index (χ3v) is 4.24. The average molecular weight is 306 g/mol. The van der Waals surface area contributed by atoms with Gasteiger partial charge in [-0.3, -0.25) is 4.79 Å². The Morgan fingerprint density at radius 1 is 1.26 bits per heavy atom. The molecule has 0 spiro atoms. The highest BCUT2D eigenvalue weighted by molar-refractivity contribution is 5.79. The second-order valence-corrected chi connectivity index (χ2v) is 5.73. The molecule has 1 N–H and O–H groups in total. The number of amides is 1. The lowest BCUT2D eigenvalue weighted by molar-refractivity contribution is -0.127. The first-order chi connectivity index (χ1) is 11.2. The van der Waals surface area contributed by atoms with Crippen LogP contribution in [0.4, 0.5) is 5.82 Å². The Morgan fingerprint density at radius 2 is 2.04 bits per heavy atom. The zero-order valence-electron chi connectivity index (χ0n) is 12.9. The van der Waals surface area contributed by atoms with Crippen molar-refractivity contribution in [2.75, 3.05) is 18.9 Å². The van der Waals surface area contributed by atoms with Crippen LogP contribution in [0.15, 0.2) is 48.5 Å². The van der Waals surface area contributed by atoms with Crippen molar-refractivity contribution in [1.82, 2.24) is 9.88 Å². The molecular formula is C18H18N4O. The van der Waals surface area contributed by atoms with Crippen molar-refractivity contribution >= 4 is 11.7 Å². The molecular weight excluding hydrogens is 288 g/mol. The maximum absolute atomic E-state index is 12.1. The van der Waals surface area contributed by atoms with Gasteiger partial charge in [0.15, 0.2) is 0 Å². The van der Waals surface area contributed by atoms with Gasteiger partial charge in [-0.2, -0.15) is 5.26 Å². The van der Waals surface area contributed by atoms with Crippen LogP contribution < -0.4 is 5.32 Å². The molecule has 2 atom stereocenters. The highest BCUT2D eigenvalue weighted by atomic mass is 16.2. The molecule has 1 aromatic heterocycles. The van der Waals surface area contributed by atoms with E-state index < -0.39 is 0 Å². The molecule has 0 saturated carbocycles. The Bertz CT molecular complexity index is 738. The summed E-state index contributed by atoms with van der Waals surface area (Å²) in [6, 6.07) is 17.5. The molecule has 0 bridgehead atoms. The number of nitrogens with zero attached hydrogens (tertiary/aromatic N) is 3. The fourth-order valence-electron chi connectivity index (χ4n) is 3.11. The molecule has 23 heavy (non-hydrogen) atoms. The van der Waals surface area contributed by atoms with Crippen molar-refractivity contribution < 1.29 is 4.79 Å². The SMILES string of the molecule is CN1C(=O)C[C@@H](CNc2cccc(C#N)n2)[C@@H]1c1ccccc1. The van der Waals surface area contributed by atoms with Gasteiger partial charge in [0.2, 0.25) is 5.91 Å². The molecule has 3 rings (SSSR count). The summed E-state index contributed by atoms with van der Waals surface area (Å²) in [5.41, 5.74) is 1.53. The van der Waals surface area contributed by atoms with E-state index in [-0.39, 0.29) is 17.9 Å². The molecule has 116 valence electrons. The van der Waals surface area contributed by atoms with Gasteiger partial charge >= 0.3 is 0 Å². The van der Waals surface area contributed by atoms with Gasteiger partial charge in [-0.1, -0.05) is 36.4 Å². The second-order valence-electron chi connectivity index (χ2n) is 5.73. The summed E-state index contributed by atoms with van der Waals surface area (Å²) in [6.45, 7) is 0.636. The van der Waals surface area contributed by atoms with Crippen molar-refractivity contribution in [3.05, 3.63) is 59.8 Å². The van der Waals surface area contributed by atoms with Crippen LogP contribution in [0.1, 0.15) is 23.7 Å². The van der Waals surface area contributed by atoms with E-state index >= 15 is 0 Å². The van der Waals surface area contributed by atoms with Crippen molar-refractivity contribution in [3.63, 3.8) is 0 Å². The van der Waals surface area contributed by atoms with Crippen LogP contribution in [0.25, 0.3) is 0 Å². The lowest BCUT2D eigenvalue weighted by Crippen LogP contribution is -2.26. The van der Waals surface area contributed by atoms with Gasteiger partial charge in [0.05, 0.1) is 6.04 Å². The first kappa shape index (κ1) is 15.0. The van der Waals surface area contributed by atoms with Gasteiger partial charge in [0.25, 0.3) is 0 Å². The summed E-state index contributed by atoms with van der Waals surface area (Å²) < 4.78 is 0. The van der Waals surface area contributed by atoms with Gasteiger partial charge in [-0.05, 0) is 17.7 Å². The van der Waals surface area contributed by atoms with Crippen LogP contribution in [-0.4, -0.2) is 29.4 Å². The molecule has 2 heterocycles. The van der Waals surface area contributed by atoms with Crippen LogP contribution >= 0.6 is 0 Å². The normalized spacial score (nSPS) is 20.3. The number of nitriles is 1. The van der Waals surface area contributed by atoms with Crippen LogP contribution in [0.3, 0.4) is 0 Å². The number of nitrogens with one attached hydrogen (secondary N) is 1. The van der Waals surface area contributed by atoms with Crippen LogP contribution in [0.5, 0.6) is 0 Å². The summed E-state index contributed by atoms with van der Waals surface area (Å²) >= 11 is 0. The number of rotatable bonds is 4. The molecule has 2 aromatic rings. The molecule has 1 aliphatic rings. The van der Waals surface area contributed by atoms with Gasteiger partial charge in [0, 0.05) is 25.9 Å². The Balaban J connectivity index is 1.75. The van der Waals surface area contributed by atoms with E-state index in [1.807, 2.05) is 42.3 Å². The zero-order valence-corrected chi connectivity index (χ0v) is 12.9. The number of aromatic nitrogens is 1. The highest BCUT2D eigenvalue weighted by Gasteiger charge is 2.38. The smallest absolute Gasteiger partial charge is 0.223 e. The first-order valence-electron chi connectivity index (χ1n) is 7.60. The van der Waals surface area contributed by atoms with Crippen LogP contribution in [0, 0.1) is 17.2 Å². The second kappa shape index (κ2) is 6.49. The number of hydrogen-bond acceptors (Lipinski definition) is 4. The number of anilines is 1. The van der Waals surface area contributed by atoms with Gasteiger partial charge in [-0.15, -0.1) is 0 Å². The minimum absolute atomic E-state index is 0.0651. The monoisotopic (exact) mass is 306 g/mol. The van der Waals surface area contributed by atoms with Crippen LogP contribution in [-0.2, 0) is 4.79 Å². The zero-order chi connectivity index (χ0) is 16.2. The largest absolute Gasteiger partial charge is 0.370 e. The summed E-state index contributed by atoms with van der Waals surface area (Å²) in [4.78, 5) is 18.2. The minimum Gasteiger partial charge on any atom is -0.370 e. The van der Waals surface area contributed by atoms with E-state index in [0.29, 0.717) is 24.5 Å². The van der Waals surface area contributed by atoms with Crippen molar-refractivity contribution in [2.45, 2.75) is 12.5 Å². The predicted molar refractivity (Wildman–Crippen MR) is 87.5 cm³/mol. The van der Waals surface area contributed by atoms with Crippen molar-refractivity contribution in [3.8, 4) is 6.07 Å². The predicted octanol–water partition coefficient (Wildman–Crippen LogP) is 2.58. The molecule has 0 aliphatic carbocycles. The lowest BCUT2D eigenvalue weighted by Gasteiger charge is -2.25. The number of pyridine rings is 1. The molecule has 1 aliphatic heterocycles. The number of benzene rings is 1. The van der Waals surface area contributed by atoms with E-state index in [0.717, 1.165) is 5.56 Å². The minimum atomic E-state index is 0.0651. The number of likely N-dealkylation sites (tertiary alicyclic amines) is 1. The van der Waals surface area contributed by atoms with Crippen molar-refractivity contribution in [1.29, 1.82) is 5.26 Å². The molecule has 1 saturated heterocycles. The van der Waals surface area contributed by atoms with Gasteiger partial charge in [-0.25, -0.2) is 4.98 Å².